The maximum absolute atomic E-state index is 11.9. The van der Waals surface area contributed by atoms with Gasteiger partial charge in [-0.3, -0.25) is 19.2 Å². The van der Waals surface area contributed by atoms with Gasteiger partial charge in [0.15, 0.2) is 0 Å². The molecule has 0 fully saturated rings. The first-order valence-corrected chi connectivity index (χ1v) is 14.3. The second-order valence-corrected chi connectivity index (χ2v) is 10.1. The zero-order valence-electron chi connectivity index (χ0n) is 22.0. The van der Waals surface area contributed by atoms with Crippen LogP contribution in [0.3, 0.4) is 0 Å². The molecule has 0 unspecified atom stereocenters. The summed E-state index contributed by atoms with van der Waals surface area (Å²) in [7, 11) is 0. The number of hydrogen-bond donors (Lipinski definition) is 4. The minimum atomic E-state index is -0.681. The van der Waals surface area contributed by atoms with Gasteiger partial charge in [0, 0.05) is 25.8 Å². The van der Waals surface area contributed by atoms with E-state index in [1.54, 1.807) is 6.92 Å². The molecule has 3 N–H and O–H groups in total. The monoisotopic (exact) mass is 514 g/mol. The highest BCUT2D eigenvalue weighted by Crippen LogP contribution is 2.14. The van der Waals surface area contributed by atoms with Crippen molar-refractivity contribution in [2.75, 3.05) is 6.54 Å². The molecule has 2 amide bonds. The van der Waals surface area contributed by atoms with E-state index in [0.29, 0.717) is 25.8 Å². The number of nitrogens with one attached hydrogen (secondary N) is 2. The number of carboxylic acids is 1. The molecule has 204 valence electrons. The minimum absolute atomic E-state index is 0.0440. The summed E-state index contributed by atoms with van der Waals surface area (Å²) in [4.78, 5) is 44.9. The number of rotatable bonds is 25. The number of hydrogen-bond acceptors (Lipinski definition) is 4. The molecular weight excluding hydrogens is 464 g/mol. The fourth-order valence-corrected chi connectivity index (χ4v) is 4.04. The van der Waals surface area contributed by atoms with E-state index >= 15 is 0 Å². The zero-order valence-corrected chi connectivity index (χ0v) is 22.8. The molecule has 1 atom stereocenters. The van der Waals surface area contributed by atoms with E-state index in [9.17, 15) is 19.2 Å². The first kappa shape index (κ1) is 33.4. The van der Waals surface area contributed by atoms with Crippen molar-refractivity contribution >= 4 is 35.5 Å². The lowest BCUT2D eigenvalue weighted by molar-refractivity contribution is -0.137. The smallest absolute Gasteiger partial charge is 0.303 e. The SMILES string of the molecule is C[C@H](NC(=O)CCCNC(=O)CCCCCCCCCCCCCCCCCCC(=O)O)C(=O)S. The Morgan fingerprint density at radius 1 is 0.600 bits per heavy atom. The van der Waals surface area contributed by atoms with Crippen LogP contribution in [0.15, 0.2) is 0 Å². The summed E-state index contributed by atoms with van der Waals surface area (Å²) in [6.07, 6.45) is 20.8. The number of unbranched alkanes of at least 4 members (excludes halogenated alkanes) is 15. The third kappa shape index (κ3) is 25.3. The molecule has 0 aliphatic heterocycles. The van der Waals surface area contributed by atoms with Crippen LogP contribution in [0.1, 0.15) is 135 Å². The molecule has 0 saturated carbocycles. The molecule has 0 aromatic carbocycles. The Morgan fingerprint density at radius 3 is 1.37 bits per heavy atom. The van der Waals surface area contributed by atoms with Crippen molar-refractivity contribution in [1.29, 1.82) is 0 Å². The highest BCUT2D eigenvalue weighted by molar-refractivity contribution is 7.96. The van der Waals surface area contributed by atoms with Gasteiger partial charge in [-0.05, 0) is 26.2 Å². The first-order valence-electron chi connectivity index (χ1n) is 13.8. The van der Waals surface area contributed by atoms with Crippen LogP contribution in [0, 0.1) is 0 Å². The molecule has 0 aliphatic carbocycles. The number of carboxylic acid groups (broad SMARTS) is 1. The number of amides is 2. The number of carbonyl (C=O) groups excluding carboxylic acids is 3. The standard InChI is InChI=1S/C27H50N2O5S/c1-23(27(34)35)29-25(31)20-18-22-28-24(30)19-16-14-12-10-8-6-4-2-3-5-7-9-11-13-15-17-21-26(32)33/h23H,2-22H2,1H3,(H,28,30)(H,29,31)(H,32,33)(H,34,35)/t23-/m0/s1. The van der Waals surface area contributed by atoms with Crippen molar-refractivity contribution in [2.45, 2.75) is 141 Å². The van der Waals surface area contributed by atoms with Gasteiger partial charge in [0.2, 0.25) is 16.9 Å². The van der Waals surface area contributed by atoms with Crippen molar-refractivity contribution in [3.05, 3.63) is 0 Å². The summed E-state index contributed by atoms with van der Waals surface area (Å²) in [6, 6.07) is -0.587. The molecule has 0 heterocycles. The Hall–Kier alpha value is -1.57. The molecule has 0 aromatic rings. The van der Waals surface area contributed by atoms with E-state index in [2.05, 4.69) is 23.3 Å². The van der Waals surface area contributed by atoms with Crippen molar-refractivity contribution in [3.8, 4) is 0 Å². The molecule has 0 bridgehead atoms. The largest absolute Gasteiger partial charge is 0.481 e. The maximum atomic E-state index is 11.9. The van der Waals surface area contributed by atoms with Gasteiger partial charge < -0.3 is 15.7 Å². The molecule has 0 saturated heterocycles. The summed E-state index contributed by atoms with van der Waals surface area (Å²) < 4.78 is 0. The second-order valence-electron chi connectivity index (χ2n) is 9.63. The molecule has 8 heteroatoms. The Bertz CT molecular complexity index is 586. The van der Waals surface area contributed by atoms with E-state index in [0.717, 1.165) is 25.7 Å². The van der Waals surface area contributed by atoms with Crippen LogP contribution in [0.5, 0.6) is 0 Å². The molecule has 0 rings (SSSR count). The van der Waals surface area contributed by atoms with Gasteiger partial charge in [-0.25, -0.2) is 0 Å². The lowest BCUT2D eigenvalue weighted by atomic mass is 10.0. The van der Waals surface area contributed by atoms with Crippen LogP contribution in [-0.2, 0) is 19.2 Å². The Labute approximate surface area is 218 Å². The first-order chi connectivity index (χ1) is 16.8. The summed E-state index contributed by atoms with van der Waals surface area (Å²) in [5.74, 6) is -0.839. The third-order valence-electron chi connectivity index (χ3n) is 6.20. The predicted octanol–water partition coefficient (Wildman–Crippen LogP) is 5.95. The van der Waals surface area contributed by atoms with Crippen LogP contribution in [0.2, 0.25) is 0 Å². The molecule has 0 radical (unpaired) electrons. The molecule has 0 aliphatic rings. The van der Waals surface area contributed by atoms with Gasteiger partial charge in [-0.15, -0.1) is 12.6 Å². The highest BCUT2D eigenvalue weighted by Gasteiger charge is 2.11. The quantitative estimate of drug-likeness (QED) is 0.0888. The van der Waals surface area contributed by atoms with E-state index in [4.69, 9.17) is 5.11 Å². The zero-order chi connectivity index (χ0) is 26.2. The number of carbonyl (C=O) groups is 4. The fourth-order valence-electron chi connectivity index (χ4n) is 3.98. The van der Waals surface area contributed by atoms with Crippen molar-refractivity contribution in [1.82, 2.24) is 10.6 Å². The van der Waals surface area contributed by atoms with Gasteiger partial charge in [0.05, 0.1) is 6.04 Å². The van der Waals surface area contributed by atoms with Gasteiger partial charge in [0.25, 0.3) is 0 Å². The average Bonchev–Trinajstić information content (AvgIpc) is 2.80. The van der Waals surface area contributed by atoms with E-state index < -0.39 is 12.0 Å². The molecule has 35 heavy (non-hydrogen) atoms. The van der Waals surface area contributed by atoms with Crippen LogP contribution in [0.25, 0.3) is 0 Å². The van der Waals surface area contributed by atoms with Crippen LogP contribution >= 0.6 is 12.6 Å². The number of aliphatic carboxylic acids is 1. The van der Waals surface area contributed by atoms with Crippen molar-refractivity contribution in [3.63, 3.8) is 0 Å². The topological polar surface area (TPSA) is 113 Å². The molecule has 0 spiro atoms. The number of thiol groups is 1. The third-order valence-corrected chi connectivity index (χ3v) is 6.58. The summed E-state index contributed by atoms with van der Waals surface area (Å²) in [5, 5.41) is 13.6. The van der Waals surface area contributed by atoms with E-state index in [-0.39, 0.29) is 23.4 Å². The van der Waals surface area contributed by atoms with Crippen LogP contribution < -0.4 is 10.6 Å². The lowest BCUT2D eigenvalue weighted by Crippen LogP contribution is -2.36. The highest BCUT2D eigenvalue weighted by atomic mass is 32.1. The van der Waals surface area contributed by atoms with Crippen LogP contribution in [-0.4, -0.2) is 40.6 Å². The van der Waals surface area contributed by atoms with E-state index in [1.807, 2.05) is 0 Å². The van der Waals surface area contributed by atoms with Crippen LogP contribution in [0.4, 0.5) is 0 Å². The molecular formula is C27H50N2O5S. The van der Waals surface area contributed by atoms with Gasteiger partial charge in [-0.1, -0.05) is 89.9 Å². The summed E-state index contributed by atoms with van der Waals surface area (Å²) in [6.45, 7) is 2.07. The summed E-state index contributed by atoms with van der Waals surface area (Å²) in [5.41, 5.74) is 0. The molecule has 7 nitrogen and oxygen atoms in total. The fraction of sp³-hybridized carbons (Fsp3) is 0.852. The summed E-state index contributed by atoms with van der Waals surface area (Å²) >= 11 is 3.68. The Balaban J connectivity index is 3.28. The Kier molecular flexibility index (Phi) is 23.1. The Morgan fingerprint density at radius 2 is 0.971 bits per heavy atom. The van der Waals surface area contributed by atoms with Gasteiger partial charge in [-0.2, -0.15) is 0 Å². The van der Waals surface area contributed by atoms with Crippen molar-refractivity contribution < 1.29 is 24.3 Å². The van der Waals surface area contributed by atoms with E-state index in [1.165, 1.54) is 77.0 Å². The normalized spacial score (nSPS) is 11.7. The molecule has 0 aromatic heterocycles. The van der Waals surface area contributed by atoms with Gasteiger partial charge in [0.1, 0.15) is 0 Å². The lowest BCUT2D eigenvalue weighted by Gasteiger charge is -2.10. The maximum Gasteiger partial charge on any atom is 0.303 e. The predicted molar refractivity (Wildman–Crippen MR) is 145 cm³/mol. The minimum Gasteiger partial charge on any atom is -0.481 e. The second kappa shape index (κ2) is 24.1. The average molecular weight is 515 g/mol. The van der Waals surface area contributed by atoms with Gasteiger partial charge >= 0.3 is 5.97 Å². The van der Waals surface area contributed by atoms with Crippen molar-refractivity contribution in [2.24, 2.45) is 0 Å².